The fraction of sp³-hybridized carbons (Fsp3) is 0.120. The molecule has 1 N–H and O–H groups in total. The van der Waals surface area contributed by atoms with Crippen LogP contribution in [0.1, 0.15) is 16.7 Å². The SMILES string of the molecule is COc1cc(/C=C(/C#N)C(=O)Nc2cccc(Cl)c2C)cc(Br)c1OCc1ccc(Cl)c(Cl)c1. The van der Waals surface area contributed by atoms with E-state index in [1.54, 1.807) is 49.4 Å². The molecule has 3 rings (SSSR count). The van der Waals surface area contributed by atoms with Crippen LogP contribution in [0.25, 0.3) is 6.08 Å². The Hall–Kier alpha value is -2.69. The Bertz CT molecular complexity index is 1320. The van der Waals surface area contributed by atoms with Crippen molar-refractivity contribution in [2.45, 2.75) is 13.5 Å². The van der Waals surface area contributed by atoms with E-state index in [1.807, 2.05) is 12.1 Å². The molecule has 0 aromatic heterocycles. The van der Waals surface area contributed by atoms with Gasteiger partial charge >= 0.3 is 0 Å². The summed E-state index contributed by atoms with van der Waals surface area (Å²) in [6, 6.07) is 15.7. The van der Waals surface area contributed by atoms with Gasteiger partial charge in [-0.1, -0.05) is 46.9 Å². The van der Waals surface area contributed by atoms with Gasteiger partial charge in [0.15, 0.2) is 11.5 Å². The van der Waals surface area contributed by atoms with Gasteiger partial charge in [-0.15, -0.1) is 0 Å². The monoisotopic (exact) mass is 578 g/mol. The molecule has 5 nitrogen and oxygen atoms in total. The molecule has 0 spiro atoms. The molecular weight excluding hydrogens is 563 g/mol. The van der Waals surface area contributed by atoms with E-state index in [-0.39, 0.29) is 12.2 Å². The maximum absolute atomic E-state index is 12.7. The Morgan fingerprint density at radius 1 is 1.12 bits per heavy atom. The van der Waals surface area contributed by atoms with Crippen LogP contribution in [0.4, 0.5) is 5.69 Å². The Morgan fingerprint density at radius 3 is 2.56 bits per heavy atom. The second kappa shape index (κ2) is 11.6. The summed E-state index contributed by atoms with van der Waals surface area (Å²) in [4.78, 5) is 12.7. The van der Waals surface area contributed by atoms with E-state index in [1.165, 1.54) is 13.2 Å². The Morgan fingerprint density at radius 2 is 1.88 bits per heavy atom. The van der Waals surface area contributed by atoms with Crippen molar-refractivity contribution in [3.8, 4) is 17.6 Å². The number of nitrogens with zero attached hydrogens (tertiary/aromatic N) is 1. The third-order valence-electron chi connectivity index (χ3n) is 4.81. The second-order valence-corrected chi connectivity index (χ2v) is 9.18. The van der Waals surface area contributed by atoms with Crippen LogP contribution in [-0.4, -0.2) is 13.0 Å². The zero-order valence-corrected chi connectivity index (χ0v) is 21.9. The van der Waals surface area contributed by atoms with Crippen LogP contribution in [0.2, 0.25) is 15.1 Å². The first-order valence-corrected chi connectivity index (χ1v) is 11.8. The second-order valence-electron chi connectivity index (χ2n) is 7.11. The fourth-order valence-electron chi connectivity index (χ4n) is 3.00. The van der Waals surface area contributed by atoms with Crippen molar-refractivity contribution >= 4 is 68.4 Å². The molecule has 0 aliphatic heterocycles. The molecule has 0 aliphatic rings. The molecule has 9 heteroatoms. The first kappa shape index (κ1) is 25.9. The van der Waals surface area contributed by atoms with E-state index in [0.717, 1.165) is 5.56 Å². The van der Waals surface area contributed by atoms with Gasteiger partial charge in [0, 0.05) is 10.7 Å². The van der Waals surface area contributed by atoms with Crippen LogP contribution in [0, 0.1) is 18.3 Å². The summed E-state index contributed by atoms with van der Waals surface area (Å²) in [6.45, 7) is 2.01. The number of anilines is 1. The number of ether oxygens (including phenoxy) is 2. The highest BCUT2D eigenvalue weighted by molar-refractivity contribution is 9.10. The van der Waals surface area contributed by atoms with Crippen LogP contribution < -0.4 is 14.8 Å². The summed E-state index contributed by atoms with van der Waals surface area (Å²) in [6.07, 6.45) is 1.46. The summed E-state index contributed by atoms with van der Waals surface area (Å²) in [5.74, 6) is 0.329. The van der Waals surface area contributed by atoms with Crippen LogP contribution in [0.15, 0.2) is 58.6 Å². The molecular formula is C25H18BrCl3N2O3. The lowest BCUT2D eigenvalue weighted by Gasteiger charge is -2.14. The molecule has 0 radical (unpaired) electrons. The van der Waals surface area contributed by atoms with E-state index in [4.69, 9.17) is 44.3 Å². The molecule has 1 amide bonds. The number of rotatable bonds is 7. The molecule has 0 unspecified atom stereocenters. The molecule has 0 bridgehead atoms. The molecule has 3 aromatic carbocycles. The molecule has 3 aromatic rings. The highest BCUT2D eigenvalue weighted by atomic mass is 79.9. The smallest absolute Gasteiger partial charge is 0.266 e. The standard InChI is InChI=1S/C25H18BrCl3N2O3/c1-14-19(27)4-3-5-22(14)31-25(32)17(12-30)8-16-9-18(26)24(23(11-16)33-2)34-13-15-6-7-20(28)21(29)10-15/h3-11H,13H2,1-2H3,(H,31,32)/b17-8-. The number of nitriles is 1. The zero-order chi connectivity index (χ0) is 24.8. The van der Waals surface area contributed by atoms with E-state index in [9.17, 15) is 10.1 Å². The number of halogens is 4. The fourth-order valence-corrected chi connectivity index (χ4v) is 4.07. The topological polar surface area (TPSA) is 71.3 Å². The van der Waals surface area contributed by atoms with Gasteiger partial charge in [-0.25, -0.2) is 0 Å². The van der Waals surface area contributed by atoms with Gasteiger partial charge in [-0.2, -0.15) is 5.26 Å². The number of hydrogen-bond acceptors (Lipinski definition) is 4. The van der Waals surface area contributed by atoms with Crippen molar-refractivity contribution in [1.29, 1.82) is 5.26 Å². The van der Waals surface area contributed by atoms with Gasteiger partial charge < -0.3 is 14.8 Å². The molecule has 0 aliphatic carbocycles. The van der Waals surface area contributed by atoms with E-state index < -0.39 is 5.91 Å². The third-order valence-corrected chi connectivity index (χ3v) is 6.55. The number of nitrogens with one attached hydrogen (secondary N) is 1. The summed E-state index contributed by atoms with van der Waals surface area (Å²) >= 11 is 21.6. The molecule has 0 heterocycles. The average Bonchev–Trinajstić information content (AvgIpc) is 2.81. The van der Waals surface area contributed by atoms with Gasteiger partial charge in [0.05, 0.1) is 21.6 Å². The van der Waals surface area contributed by atoms with Crippen LogP contribution in [-0.2, 0) is 11.4 Å². The van der Waals surface area contributed by atoms with Crippen LogP contribution >= 0.6 is 50.7 Å². The molecule has 0 saturated carbocycles. The van der Waals surface area contributed by atoms with Gasteiger partial charge in [-0.05, 0) is 82.0 Å². The van der Waals surface area contributed by atoms with E-state index >= 15 is 0 Å². The Labute approximate surface area is 221 Å². The number of benzene rings is 3. The predicted molar refractivity (Wildman–Crippen MR) is 140 cm³/mol. The van der Waals surface area contributed by atoms with E-state index in [2.05, 4.69) is 21.2 Å². The van der Waals surface area contributed by atoms with Crippen molar-refractivity contribution in [2.24, 2.45) is 0 Å². The number of methoxy groups -OCH3 is 1. The first-order valence-electron chi connectivity index (χ1n) is 9.86. The molecule has 0 fully saturated rings. The van der Waals surface area contributed by atoms with Gasteiger partial charge in [0.1, 0.15) is 18.2 Å². The minimum absolute atomic E-state index is 0.0854. The highest BCUT2D eigenvalue weighted by Gasteiger charge is 2.15. The van der Waals surface area contributed by atoms with Crippen molar-refractivity contribution < 1.29 is 14.3 Å². The quantitative estimate of drug-likeness (QED) is 0.228. The Kier molecular flexibility index (Phi) is 8.87. The highest BCUT2D eigenvalue weighted by Crippen LogP contribution is 2.38. The first-order chi connectivity index (χ1) is 16.2. The predicted octanol–water partition coefficient (Wildman–Crippen LogP) is 7.85. The van der Waals surface area contributed by atoms with Gasteiger partial charge in [0.25, 0.3) is 5.91 Å². The molecule has 0 saturated heterocycles. The minimum Gasteiger partial charge on any atom is -0.493 e. The van der Waals surface area contributed by atoms with Gasteiger partial charge in [0.2, 0.25) is 0 Å². The van der Waals surface area contributed by atoms with Crippen molar-refractivity contribution in [2.75, 3.05) is 12.4 Å². The number of carbonyl (C=O) groups excluding carboxylic acids is 1. The largest absolute Gasteiger partial charge is 0.493 e. The van der Waals surface area contributed by atoms with Crippen LogP contribution in [0.3, 0.4) is 0 Å². The maximum Gasteiger partial charge on any atom is 0.266 e. The summed E-state index contributed by atoms with van der Waals surface area (Å²) in [7, 11) is 1.50. The normalized spacial score (nSPS) is 11.0. The summed E-state index contributed by atoms with van der Waals surface area (Å²) in [5, 5.41) is 13.7. The number of amides is 1. The van der Waals surface area contributed by atoms with Crippen molar-refractivity contribution in [3.63, 3.8) is 0 Å². The molecule has 0 atom stereocenters. The van der Waals surface area contributed by atoms with Crippen molar-refractivity contribution in [3.05, 3.63) is 90.3 Å². The van der Waals surface area contributed by atoms with E-state index in [0.29, 0.717) is 47.9 Å². The lowest BCUT2D eigenvalue weighted by atomic mass is 10.1. The lowest BCUT2D eigenvalue weighted by Crippen LogP contribution is -2.14. The summed E-state index contributed by atoms with van der Waals surface area (Å²) in [5.41, 5.74) is 2.55. The Balaban J connectivity index is 1.83. The minimum atomic E-state index is -0.553. The maximum atomic E-state index is 12.7. The lowest BCUT2D eigenvalue weighted by molar-refractivity contribution is -0.112. The average molecular weight is 581 g/mol. The molecule has 174 valence electrons. The van der Waals surface area contributed by atoms with Crippen molar-refractivity contribution in [1.82, 2.24) is 0 Å². The number of carbonyl (C=O) groups is 1. The number of hydrogen-bond donors (Lipinski definition) is 1. The third kappa shape index (κ3) is 6.25. The van der Waals surface area contributed by atoms with Gasteiger partial charge in [-0.3, -0.25) is 4.79 Å². The summed E-state index contributed by atoms with van der Waals surface area (Å²) < 4.78 is 12.0. The molecule has 34 heavy (non-hydrogen) atoms. The van der Waals surface area contributed by atoms with Crippen LogP contribution in [0.5, 0.6) is 11.5 Å². The zero-order valence-electron chi connectivity index (χ0n) is 18.1.